The van der Waals surface area contributed by atoms with Crippen LogP contribution < -0.4 is 13.9 Å². The number of aromatic nitrogens is 2. The molecule has 2 aromatic carbocycles. The molecular weight excluding hydrogens is 332 g/mol. The zero-order valence-corrected chi connectivity index (χ0v) is 15.3. The van der Waals surface area contributed by atoms with Gasteiger partial charge in [-0.25, -0.2) is 4.57 Å². The van der Waals surface area contributed by atoms with E-state index in [-0.39, 0.29) is 0 Å². The molecule has 0 saturated carbocycles. The summed E-state index contributed by atoms with van der Waals surface area (Å²) in [6.45, 7) is 0.862. The van der Waals surface area contributed by atoms with E-state index in [4.69, 9.17) is 4.74 Å². The van der Waals surface area contributed by atoms with Crippen LogP contribution >= 0.6 is 0 Å². The molecule has 0 fully saturated rings. The summed E-state index contributed by atoms with van der Waals surface area (Å²) in [7, 11) is 1.71. The van der Waals surface area contributed by atoms with Gasteiger partial charge in [-0.05, 0) is 5.56 Å². The van der Waals surface area contributed by atoms with Crippen molar-refractivity contribution in [1.29, 1.82) is 0 Å². The highest BCUT2D eigenvalue weighted by Gasteiger charge is 2.14. The van der Waals surface area contributed by atoms with Crippen molar-refractivity contribution in [2.45, 2.75) is 6.54 Å². The normalized spacial score (nSPS) is 10.6. The zero-order chi connectivity index (χ0) is 18.5. The minimum absolute atomic E-state index is 0.849. The van der Waals surface area contributed by atoms with Gasteiger partial charge in [0.1, 0.15) is 0 Å². The van der Waals surface area contributed by atoms with Crippen LogP contribution in [-0.4, -0.2) is 7.11 Å². The first-order valence-corrected chi connectivity index (χ1v) is 9.01. The first-order chi connectivity index (χ1) is 13.3. The third-order valence-electron chi connectivity index (χ3n) is 4.61. The number of hydrogen-bond acceptors (Lipinski definition) is 1. The number of methoxy groups -OCH3 is 1. The second kappa shape index (κ2) is 7.83. The number of ether oxygens (including phenoxy) is 1. The molecule has 4 aromatic rings. The molecule has 2 heterocycles. The van der Waals surface area contributed by atoms with Crippen molar-refractivity contribution >= 4 is 0 Å². The van der Waals surface area contributed by atoms with Crippen LogP contribution in [0.5, 0.6) is 5.75 Å². The fourth-order valence-corrected chi connectivity index (χ4v) is 3.17. The van der Waals surface area contributed by atoms with E-state index in [1.165, 1.54) is 5.56 Å². The molecule has 0 aliphatic rings. The Kier molecular flexibility index (Phi) is 4.93. The first-order valence-electron chi connectivity index (χ1n) is 9.01. The number of hydrogen-bond donors (Lipinski definition) is 0. The number of nitrogens with zero attached hydrogens (tertiary/aromatic N) is 2. The molecule has 2 aromatic heterocycles. The summed E-state index contributed by atoms with van der Waals surface area (Å²) in [5.74, 6) is 0.849. The van der Waals surface area contributed by atoms with Crippen molar-refractivity contribution in [3.05, 3.63) is 109 Å². The fourth-order valence-electron chi connectivity index (χ4n) is 3.17. The third-order valence-corrected chi connectivity index (χ3v) is 4.61. The van der Waals surface area contributed by atoms with Crippen LogP contribution in [-0.2, 0) is 6.54 Å². The predicted octanol–water partition coefficient (Wildman–Crippen LogP) is 3.97. The Morgan fingerprint density at radius 3 is 2.07 bits per heavy atom. The molecule has 0 unspecified atom stereocenters. The molecule has 132 valence electrons. The highest BCUT2D eigenvalue weighted by Crippen LogP contribution is 2.27. The van der Waals surface area contributed by atoms with Gasteiger partial charge in [0.2, 0.25) is 11.9 Å². The van der Waals surface area contributed by atoms with E-state index in [2.05, 4.69) is 82.3 Å². The SMILES string of the molecule is COc1c[n+](-c2ccccc2)ccc1-c1cc[n+](Cc2ccccc2)cc1. The minimum atomic E-state index is 0.849. The minimum Gasteiger partial charge on any atom is -0.490 e. The van der Waals surface area contributed by atoms with E-state index >= 15 is 0 Å². The van der Waals surface area contributed by atoms with Gasteiger partial charge in [0.05, 0.1) is 7.11 Å². The molecule has 0 saturated heterocycles. The lowest BCUT2D eigenvalue weighted by Crippen LogP contribution is -2.33. The lowest BCUT2D eigenvalue weighted by molar-refractivity contribution is -0.688. The summed E-state index contributed by atoms with van der Waals surface area (Å²) in [4.78, 5) is 0. The Morgan fingerprint density at radius 2 is 1.41 bits per heavy atom. The van der Waals surface area contributed by atoms with Crippen LogP contribution in [0.1, 0.15) is 5.56 Å². The van der Waals surface area contributed by atoms with E-state index < -0.39 is 0 Å². The summed E-state index contributed by atoms with van der Waals surface area (Å²) in [5, 5.41) is 0. The van der Waals surface area contributed by atoms with Crippen LogP contribution in [0.2, 0.25) is 0 Å². The maximum absolute atomic E-state index is 5.66. The van der Waals surface area contributed by atoms with Crippen LogP contribution in [0.15, 0.2) is 104 Å². The number of rotatable bonds is 5. The maximum Gasteiger partial charge on any atom is 0.217 e. The first kappa shape index (κ1) is 17.0. The van der Waals surface area contributed by atoms with Gasteiger partial charge in [-0.15, -0.1) is 0 Å². The van der Waals surface area contributed by atoms with E-state index in [0.29, 0.717) is 0 Å². The molecule has 3 heteroatoms. The van der Waals surface area contributed by atoms with Gasteiger partial charge in [0, 0.05) is 41.5 Å². The highest BCUT2D eigenvalue weighted by molar-refractivity contribution is 5.68. The van der Waals surface area contributed by atoms with Crippen molar-refractivity contribution in [1.82, 2.24) is 0 Å². The molecule has 0 N–H and O–H groups in total. The second-order valence-corrected chi connectivity index (χ2v) is 6.41. The number of benzene rings is 2. The van der Waals surface area contributed by atoms with Crippen molar-refractivity contribution in [3.8, 4) is 22.6 Å². The molecule has 0 amide bonds. The van der Waals surface area contributed by atoms with Crippen molar-refractivity contribution in [2.24, 2.45) is 0 Å². The van der Waals surface area contributed by atoms with Gasteiger partial charge in [0.15, 0.2) is 30.9 Å². The molecule has 3 nitrogen and oxygen atoms in total. The molecular formula is C24H22N2O+2. The molecule has 0 bridgehead atoms. The summed E-state index contributed by atoms with van der Waals surface area (Å²) in [6.07, 6.45) is 8.31. The summed E-state index contributed by atoms with van der Waals surface area (Å²) < 4.78 is 9.91. The molecule has 0 radical (unpaired) electrons. The van der Waals surface area contributed by atoms with E-state index in [1.807, 2.05) is 30.5 Å². The molecule has 27 heavy (non-hydrogen) atoms. The lowest BCUT2D eigenvalue weighted by Gasteiger charge is -2.07. The van der Waals surface area contributed by atoms with E-state index in [1.54, 1.807) is 7.11 Å². The predicted molar refractivity (Wildman–Crippen MR) is 106 cm³/mol. The maximum atomic E-state index is 5.66. The monoisotopic (exact) mass is 354 g/mol. The Labute approximate surface area is 159 Å². The standard InChI is InChI=1S/C24H22N2O/c1-27-24-19-26(22-10-6-3-7-11-22)17-14-23(24)21-12-15-25(16-13-21)18-20-8-4-2-5-9-20/h2-17,19H,18H2,1H3/q+2. The zero-order valence-electron chi connectivity index (χ0n) is 15.3. The quantitative estimate of drug-likeness (QED) is 0.496. The van der Waals surface area contributed by atoms with Gasteiger partial charge in [-0.1, -0.05) is 48.5 Å². The van der Waals surface area contributed by atoms with Crippen molar-refractivity contribution < 1.29 is 13.9 Å². The average Bonchev–Trinajstić information content (AvgIpc) is 2.75. The van der Waals surface area contributed by atoms with Gasteiger partial charge in [-0.3, -0.25) is 0 Å². The van der Waals surface area contributed by atoms with Crippen molar-refractivity contribution in [3.63, 3.8) is 0 Å². The Hall–Kier alpha value is -3.46. The van der Waals surface area contributed by atoms with E-state index in [0.717, 1.165) is 29.1 Å². The van der Waals surface area contributed by atoms with Crippen molar-refractivity contribution in [2.75, 3.05) is 7.11 Å². The fraction of sp³-hybridized carbons (Fsp3) is 0.0833. The average molecular weight is 354 g/mol. The molecule has 0 spiro atoms. The van der Waals surface area contributed by atoms with Crippen LogP contribution in [0.25, 0.3) is 16.8 Å². The van der Waals surface area contributed by atoms with Gasteiger partial charge in [-0.2, -0.15) is 4.57 Å². The molecule has 0 aliphatic heterocycles. The Bertz CT molecular complexity index is 1010. The van der Waals surface area contributed by atoms with Crippen LogP contribution in [0.3, 0.4) is 0 Å². The summed E-state index contributed by atoms with van der Waals surface area (Å²) in [5.41, 5.74) is 4.61. The lowest BCUT2D eigenvalue weighted by atomic mass is 10.1. The van der Waals surface area contributed by atoms with E-state index in [9.17, 15) is 0 Å². The molecule has 4 rings (SSSR count). The molecule has 0 atom stereocenters. The van der Waals surface area contributed by atoms with Crippen LogP contribution in [0, 0.1) is 0 Å². The topological polar surface area (TPSA) is 17.0 Å². The highest BCUT2D eigenvalue weighted by atomic mass is 16.5. The van der Waals surface area contributed by atoms with Gasteiger partial charge < -0.3 is 4.74 Å². The Balaban J connectivity index is 1.61. The largest absolute Gasteiger partial charge is 0.490 e. The third kappa shape index (κ3) is 3.87. The second-order valence-electron chi connectivity index (χ2n) is 6.41. The van der Waals surface area contributed by atoms with Gasteiger partial charge in [0.25, 0.3) is 0 Å². The van der Waals surface area contributed by atoms with Gasteiger partial charge >= 0.3 is 0 Å². The summed E-state index contributed by atoms with van der Waals surface area (Å²) >= 11 is 0. The smallest absolute Gasteiger partial charge is 0.217 e. The Morgan fingerprint density at radius 1 is 0.741 bits per heavy atom. The number of pyridine rings is 2. The van der Waals surface area contributed by atoms with Crippen LogP contribution in [0.4, 0.5) is 0 Å². The summed E-state index contributed by atoms with van der Waals surface area (Å²) in [6, 6.07) is 27.1. The molecule has 0 aliphatic carbocycles. The number of para-hydroxylation sites is 1.